The van der Waals surface area contributed by atoms with Crippen molar-refractivity contribution in [3.05, 3.63) is 0 Å². The maximum atomic E-state index is 12.0. The first-order valence-electron chi connectivity index (χ1n) is 12.0. The quantitative estimate of drug-likeness (QED) is 0.278. The zero-order valence-electron chi connectivity index (χ0n) is 22.6. The molecule has 0 aromatic carbocycles. The van der Waals surface area contributed by atoms with Crippen LogP contribution in [0.2, 0.25) is 0 Å². The van der Waals surface area contributed by atoms with Crippen molar-refractivity contribution in [2.75, 3.05) is 6.61 Å². The fourth-order valence-electron chi connectivity index (χ4n) is 3.78. The maximum Gasteiger partial charge on any atom is 0.408 e. The van der Waals surface area contributed by atoms with Crippen molar-refractivity contribution in [3.8, 4) is 0 Å². The number of alkyl carbamates (subject to hydrolysis) is 1. The van der Waals surface area contributed by atoms with Gasteiger partial charge in [-0.15, -0.1) is 0 Å². The molecular formula is C24H37NO13. The molecule has 0 bridgehead atoms. The SMILES string of the molecule is CC(=O)OC[C@H]1O[C@H](CCC[C@H](NC(=O)OC(C)(C)C)C(=O)O)[C@H](OC(C)=O)[C@@H](OC(C)=O)[C@@H]1OC(C)=O. The zero-order valence-corrected chi connectivity index (χ0v) is 22.6. The highest BCUT2D eigenvalue weighted by atomic mass is 16.7. The highest BCUT2D eigenvalue weighted by Gasteiger charge is 2.51. The standard InChI is InChI=1S/C24H37NO13/c1-12(26)33-11-18-20(35-14(3)28)21(36-15(4)29)19(34-13(2)27)17(37-18)10-8-9-16(22(30)31)25-23(32)38-24(5,6)7/h16-21H,8-11H2,1-7H3,(H,25,32)(H,30,31)/t16-,17+,18+,19-,20+,21+/m0/s1. The molecule has 1 heterocycles. The summed E-state index contributed by atoms with van der Waals surface area (Å²) in [7, 11) is 0. The van der Waals surface area contributed by atoms with E-state index in [9.17, 15) is 33.9 Å². The highest BCUT2D eigenvalue weighted by molar-refractivity contribution is 5.80. The highest BCUT2D eigenvalue weighted by Crippen LogP contribution is 2.31. The zero-order chi connectivity index (χ0) is 29.2. The molecular weight excluding hydrogens is 510 g/mol. The van der Waals surface area contributed by atoms with Crippen LogP contribution in [0, 0.1) is 0 Å². The smallest absolute Gasteiger partial charge is 0.408 e. The van der Waals surface area contributed by atoms with E-state index in [0.717, 1.165) is 27.7 Å². The second kappa shape index (κ2) is 14.5. The van der Waals surface area contributed by atoms with Gasteiger partial charge in [-0.2, -0.15) is 0 Å². The van der Waals surface area contributed by atoms with Gasteiger partial charge in [0.25, 0.3) is 0 Å². The molecule has 38 heavy (non-hydrogen) atoms. The molecule has 0 unspecified atom stereocenters. The predicted molar refractivity (Wildman–Crippen MR) is 127 cm³/mol. The minimum Gasteiger partial charge on any atom is -0.480 e. The third-order valence-electron chi connectivity index (χ3n) is 5.06. The van der Waals surface area contributed by atoms with Crippen LogP contribution in [0.5, 0.6) is 0 Å². The lowest BCUT2D eigenvalue weighted by atomic mass is 9.91. The molecule has 2 N–H and O–H groups in total. The second-order valence-corrected chi connectivity index (χ2v) is 9.71. The van der Waals surface area contributed by atoms with E-state index < -0.39 is 78.1 Å². The van der Waals surface area contributed by atoms with Crippen molar-refractivity contribution in [3.63, 3.8) is 0 Å². The summed E-state index contributed by atoms with van der Waals surface area (Å²) in [6, 6.07) is -1.30. The molecule has 1 rings (SSSR count). The first-order valence-corrected chi connectivity index (χ1v) is 12.0. The topological polar surface area (TPSA) is 190 Å². The lowest BCUT2D eigenvalue weighted by Gasteiger charge is -2.44. The summed E-state index contributed by atoms with van der Waals surface area (Å²) in [5, 5.41) is 11.8. The van der Waals surface area contributed by atoms with Crippen LogP contribution in [0.1, 0.15) is 67.7 Å². The van der Waals surface area contributed by atoms with Crippen LogP contribution in [-0.2, 0) is 52.4 Å². The van der Waals surface area contributed by atoms with Crippen LogP contribution in [0.4, 0.5) is 4.79 Å². The average Bonchev–Trinajstić information content (AvgIpc) is 2.73. The number of nitrogens with one attached hydrogen (secondary N) is 1. The molecule has 6 atom stereocenters. The number of hydrogen-bond donors (Lipinski definition) is 2. The molecule has 216 valence electrons. The number of esters is 4. The molecule has 0 aliphatic carbocycles. The number of carbonyl (C=O) groups excluding carboxylic acids is 5. The van der Waals surface area contributed by atoms with E-state index in [1.165, 1.54) is 0 Å². The van der Waals surface area contributed by atoms with Gasteiger partial charge in [0, 0.05) is 27.7 Å². The van der Waals surface area contributed by atoms with Gasteiger partial charge >= 0.3 is 35.9 Å². The predicted octanol–water partition coefficient (Wildman–Crippen LogP) is 1.26. The number of ether oxygens (including phenoxy) is 6. The largest absolute Gasteiger partial charge is 0.480 e. The fourth-order valence-corrected chi connectivity index (χ4v) is 3.78. The molecule has 1 saturated heterocycles. The average molecular weight is 548 g/mol. The van der Waals surface area contributed by atoms with Gasteiger partial charge in [-0.3, -0.25) is 19.2 Å². The summed E-state index contributed by atoms with van der Waals surface area (Å²) in [6.07, 6.45) is -6.66. The lowest BCUT2D eigenvalue weighted by Crippen LogP contribution is -2.62. The van der Waals surface area contributed by atoms with Crippen LogP contribution < -0.4 is 5.32 Å². The van der Waals surface area contributed by atoms with Crippen LogP contribution in [0.3, 0.4) is 0 Å². The molecule has 1 aliphatic heterocycles. The first kappa shape index (κ1) is 32.6. The van der Waals surface area contributed by atoms with E-state index in [2.05, 4.69) is 5.32 Å². The molecule has 0 aromatic rings. The van der Waals surface area contributed by atoms with Gasteiger partial charge in [-0.25, -0.2) is 9.59 Å². The van der Waals surface area contributed by atoms with Gasteiger partial charge in [0.1, 0.15) is 24.4 Å². The Morgan fingerprint density at radius 2 is 1.32 bits per heavy atom. The number of carboxylic acids is 1. The van der Waals surface area contributed by atoms with E-state index >= 15 is 0 Å². The molecule has 0 saturated carbocycles. The summed E-state index contributed by atoms with van der Waals surface area (Å²) in [6.45, 7) is 9.04. The lowest BCUT2D eigenvalue weighted by molar-refractivity contribution is -0.253. The van der Waals surface area contributed by atoms with Crippen LogP contribution in [0.15, 0.2) is 0 Å². The van der Waals surface area contributed by atoms with Gasteiger partial charge in [-0.1, -0.05) is 0 Å². The summed E-state index contributed by atoms with van der Waals surface area (Å²) in [5.74, 6) is -4.19. The van der Waals surface area contributed by atoms with Gasteiger partial charge in [0.05, 0.1) is 6.10 Å². The number of hydrogen-bond acceptors (Lipinski definition) is 12. The summed E-state index contributed by atoms with van der Waals surface area (Å²) in [5.41, 5.74) is -0.832. The van der Waals surface area contributed by atoms with E-state index in [-0.39, 0.29) is 25.9 Å². The molecule has 1 fully saturated rings. The molecule has 1 amide bonds. The van der Waals surface area contributed by atoms with Crippen molar-refractivity contribution in [1.82, 2.24) is 5.32 Å². The Balaban J connectivity index is 3.16. The summed E-state index contributed by atoms with van der Waals surface area (Å²) in [4.78, 5) is 70.7. The van der Waals surface area contributed by atoms with Gasteiger partial charge < -0.3 is 38.8 Å². The third kappa shape index (κ3) is 11.8. The van der Waals surface area contributed by atoms with E-state index in [1.54, 1.807) is 20.8 Å². The van der Waals surface area contributed by atoms with Gasteiger partial charge in [0.15, 0.2) is 18.3 Å². The first-order chi connectivity index (χ1) is 17.5. The number of carboxylic acid groups (broad SMARTS) is 1. The Bertz CT molecular complexity index is 881. The van der Waals surface area contributed by atoms with Crippen molar-refractivity contribution in [2.45, 2.75) is 110 Å². The summed E-state index contributed by atoms with van der Waals surface area (Å²) < 4.78 is 32.2. The van der Waals surface area contributed by atoms with Crippen LogP contribution in [-0.4, -0.2) is 89.8 Å². The Kier molecular flexibility index (Phi) is 12.4. The minimum atomic E-state index is -1.31. The molecule has 14 nitrogen and oxygen atoms in total. The van der Waals surface area contributed by atoms with E-state index in [4.69, 9.17) is 28.4 Å². The molecule has 14 heteroatoms. The van der Waals surface area contributed by atoms with E-state index in [1.807, 2.05) is 0 Å². The Morgan fingerprint density at radius 1 is 0.816 bits per heavy atom. The Morgan fingerprint density at radius 3 is 1.76 bits per heavy atom. The number of aliphatic carboxylic acids is 1. The molecule has 1 aliphatic rings. The third-order valence-corrected chi connectivity index (χ3v) is 5.06. The Hall–Kier alpha value is -3.42. The van der Waals surface area contributed by atoms with Crippen molar-refractivity contribution >= 4 is 35.9 Å². The second-order valence-electron chi connectivity index (χ2n) is 9.71. The van der Waals surface area contributed by atoms with Crippen molar-refractivity contribution < 1.29 is 62.3 Å². The minimum absolute atomic E-state index is 0.0541. The van der Waals surface area contributed by atoms with Gasteiger partial charge in [0.2, 0.25) is 0 Å². The molecule has 0 spiro atoms. The fraction of sp³-hybridized carbons (Fsp3) is 0.750. The maximum absolute atomic E-state index is 12.0. The molecule has 0 aromatic heterocycles. The monoisotopic (exact) mass is 547 g/mol. The summed E-state index contributed by atoms with van der Waals surface area (Å²) >= 11 is 0. The Labute approximate surface area is 220 Å². The number of amides is 1. The van der Waals surface area contributed by atoms with Crippen LogP contribution in [0.25, 0.3) is 0 Å². The normalized spacial score (nSPS) is 23.8. The van der Waals surface area contributed by atoms with Crippen molar-refractivity contribution in [2.24, 2.45) is 0 Å². The van der Waals surface area contributed by atoms with Crippen molar-refractivity contribution in [1.29, 1.82) is 0 Å². The number of rotatable bonds is 11. The van der Waals surface area contributed by atoms with Crippen LogP contribution >= 0.6 is 0 Å². The molecule has 0 radical (unpaired) electrons. The number of carbonyl (C=O) groups is 6. The van der Waals surface area contributed by atoms with Gasteiger partial charge in [-0.05, 0) is 40.0 Å². The van der Waals surface area contributed by atoms with E-state index in [0.29, 0.717) is 0 Å².